The van der Waals surface area contributed by atoms with Crippen LogP contribution in [-0.2, 0) is 10.0 Å². The van der Waals surface area contributed by atoms with Crippen LogP contribution in [-0.4, -0.2) is 38.4 Å². The molecule has 23 heavy (non-hydrogen) atoms. The Morgan fingerprint density at radius 1 is 1.26 bits per heavy atom. The lowest BCUT2D eigenvalue weighted by Crippen LogP contribution is -2.45. The minimum Gasteiger partial charge on any atom is -0.314 e. The van der Waals surface area contributed by atoms with Crippen LogP contribution in [0.3, 0.4) is 0 Å². The first kappa shape index (κ1) is 16.4. The maximum Gasteiger partial charge on any atom is 0.243 e. The van der Waals surface area contributed by atoms with Crippen LogP contribution in [0.5, 0.6) is 0 Å². The van der Waals surface area contributed by atoms with Crippen molar-refractivity contribution in [3.05, 3.63) is 29.3 Å². The topological polar surface area (TPSA) is 73.2 Å². The molecule has 2 aliphatic rings. The second-order valence-corrected chi connectivity index (χ2v) is 8.56. The Hall–Kier alpha value is -1.42. The summed E-state index contributed by atoms with van der Waals surface area (Å²) in [5.74, 6) is 0.846. The van der Waals surface area contributed by atoms with Crippen LogP contribution in [0.25, 0.3) is 0 Å². The van der Waals surface area contributed by atoms with Crippen LogP contribution in [0.4, 0.5) is 0 Å². The van der Waals surface area contributed by atoms with Crippen LogP contribution >= 0.6 is 0 Å². The molecule has 0 amide bonds. The smallest absolute Gasteiger partial charge is 0.243 e. The summed E-state index contributed by atoms with van der Waals surface area (Å²) in [6, 6.07) is 7.24. The summed E-state index contributed by atoms with van der Waals surface area (Å²) in [7, 11) is -3.46. The van der Waals surface area contributed by atoms with Crippen molar-refractivity contribution in [2.24, 2.45) is 5.92 Å². The van der Waals surface area contributed by atoms with Gasteiger partial charge in [0.1, 0.15) is 0 Å². The Kier molecular flexibility index (Phi) is 4.72. The first-order chi connectivity index (χ1) is 11.0. The zero-order valence-electron chi connectivity index (χ0n) is 13.5. The molecule has 0 bridgehead atoms. The van der Waals surface area contributed by atoms with E-state index in [2.05, 4.69) is 11.4 Å². The van der Waals surface area contributed by atoms with Gasteiger partial charge in [0.25, 0.3) is 0 Å². The Balaban J connectivity index is 1.64. The summed E-state index contributed by atoms with van der Waals surface area (Å²) >= 11 is 0. The average molecular weight is 333 g/mol. The molecule has 0 spiro atoms. The minimum absolute atomic E-state index is 0.290. The molecule has 124 valence electrons. The molecule has 3 rings (SSSR count). The molecular formula is C17H23N3O2S. The van der Waals surface area contributed by atoms with E-state index in [-0.39, 0.29) is 0 Å². The molecular weight excluding hydrogens is 310 g/mol. The third-order valence-corrected chi connectivity index (χ3v) is 6.70. The van der Waals surface area contributed by atoms with E-state index in [9.17, 15) is 8.42 Å². The second-order valence-electron chi connectivity index (χ2n) is 6.62. The normalized spacial score (nSPS) is 20.3. The zero-order valence-corrected chi connectivity index (χ0v) is 14.3. The number of aryl methyl sites for hydroxylation is 1. The van der Waals surface area contributed by atoms with Gasteiger partial charge in [0.05, 0.1) is 16.5 Å². The lowest BCUT2D eigenvalue weighted by Gasteiger charge is -2.31. The van der Waals surface area contributed by atoms with Crippen molar-refractivity contribution in [3.63, 3.8) is 0 Å². The predicted molar refractivity (Wildman–Crippen MR) is 88.4 cm³/mol. The van der Waals surface area contributed by atoms with Crippen molar-refractivity contribution in [3.8, 4) is 6.07 Å². The number of piperidine rings is 1. The molecule has 1 aliphatic carbocycles. The summed E-state index contributed by atoms with van der Waals surface area (Å²) in [6.45, 7) is 3.96. The van der Waals surface area contributed by atoms with Gasteiger partial charge < -0.3 is 5.32 Å². The standard InChI is InChI=1S/C17H23N3O2S/c1-13-10-17(5-4-15(13)11-18)23(21,22)20-8-6-16(7-9-20)19-12-14-2-3-14/h4-5,10,14,16,19H,2-3,6-9,12H2,1H3. The molecule has 0 unspecified atom stereocenters. The molecule has 6 heteroatoms. The quantitative estimate of drug-likeness (QED) is 0.895. The lowest BCUT2D eigenvalue weighted by molar-refractivity contribution is 0.288. The summed E-state index contributed by atoms with van der Waals surface area (Å²) in [4.78, 5) is 0.290. The Morgan fingerprint density at radius 2 is 1.96 bits per heavy atom. The summed E-state index contributed by atoms with van der Waals surface area (Å²) in [6.07, 6.45) is 4.39. The van der Waals surface area contributed by atoms with Gasteiger partial charge in [0.2, 0.25) is 10.0 Å². The van der Waals surface area contributed by atoms with Crippen molar-refractivity contribution in [1.29, 1.82) is 5.26 Å². The Morgan fingerprint density at radius 3 is 2.52 bits per heavy atom. The highest BCUT2D eigenvalue weighted by atomic mass is 32.2. The number of nitrogens with zero attached hydrogens (tertiary/aromatic N) is 2. The van der Waals surface area contributed by atoms with E-state index in [1.54, 1.807) is 23.4 Å². The summed E-state index contributed by atoms with van der Waals surface area (Å²) in [5.41, 5.74) is 1.22. The third kappa shape index (κ3) is 3.74. The van der Waals surface area contributed by atoms with Gasteiger partial charge >= 0.3 is 0 Å². The minimum atomic E-state index is -3.46. The van der Waals surface area contributed by atoms with Crippen molar-refractivity contribution in [1.82, 2.24) is 9.62 Å². The maximum atomic E-state index is 12.7. The molecule has 1 saturated heterocycles. The zero-order chi connectivity index (χ0) is 16.4. The number of hydrogen-bond acceptors (Lipinski definition) is 4. The molecule has 1 aromatic carbocycles. The Labute approximate surface area is 138 Å². The van der Waals surface area contributed by atoms with Gasteiger partial charge in [-0.15, -0.1) is 0 Å². The first-order valence-corrected chi connectivity index (χ1v) is 9.69. The van der Waals surface area contributed by atoms with Crippen molar-refractivity contribution >= 4 is 10.0 Å². The third-order valence-electron chi connectivity index (χ3n) is 4.80. The number of nitrogens with one attached hydrogen (secondary N) is 1. The van der Waals surface area contributed by atoms with Crippen LogP contribution in [0.2, 0.25) is 0 Å². The van der Waals surface area contributed by atoms with E-state index < -0.39 is 10.0 Å². The van der Waals surface area contributed by atoms with E-state index >= 15 is 0 Å². The van der Waals surface area contributed by atoms with Gasteiger partial charge in [-0.1, -0.05) is 0 Å². The van der Waals surface area contributed by atoms with Gasteiger partial charge in [-0.3, -0.25) is 0 Å². The molecule has 0 atom stereocenters. The van der Waals surface area contributed by atoms with Crippen molar-refractivity contribution in [2.75, 3.05) is 19.6 Å². The van der Waals surface area contributed by atoms with E-state index in [4.69, 9.17) is 5.26 Å². The van der Waals surface area contributed by atoms with Gasteiger partial charge in [-0.2, -0.15) is 9.57 Å². The maximum absolute atomic E-state index is 12.7. The number of sulfonamides is 1. The van der Waals surface area contributed by atoms with E-state index in [0.29, 0.717) is 35.2 Å². The highest BCUT2D eigenvalue weighted by Crippen LogP contribution is 2.28. The predicted octanol–water partition coefficient (Wildman–Crippen LogP) is 2.02. The molecule has 0 aromatic heterocycles. The number of nitriles is 1. The van der Waals surface area contributed by atoms with E-state index in [1.807, 2.05) is 0 Å². The van der Waals surface area contributed by atoms with Gasteiger partial charge in [0, 0.05) is 19.1 Å². The fourth-order valence-electron chi connectivity index (χ4n) is 3.03. The lowest BCUT2D eigenvalue weighted by atomic mass is 10.1. The van der Waals surface area contributed by atoms with E-state index in [0.717, 1.165) is 25.3 Å². The summed E-state index contributed by atoms with van der Waals surface area (Å²) < 4.78 is 27.1. The van der Waals surface area contributed by atoms with Crippen molar-refractivity contribution in [2.45, 2.75) is 43.5 Å². The molecule has 1 aliphatic heterocycles. The van der Waals surface area contributed by atoms with Crippen LogP contribution in [0.1, 0.15) is 36.8 Å². The van der Waals surface area contributed by atoms with Crippen LogP contribution in [0, 0.1) is 24.2 Å². The molecule has 5 nitrogen and oxygen atoms in total. The SMILES string of the molecule is Cc1cc(S(=O)(=O)N2CCC(NCC3CC3)CC2)ccc1C#N. The average Bonchev–Trinajstić information content (AvgIpc) is 3.37. The van der Waals surface area contributed by atoms with Gasteiger partial charge in [-0.25, -0.2) is 8.42 Å². The van der Waals surface area contributed by atoms with Gasteiger partial charge in [-0.05, 0) is 68.8 Å². The highest BCUT2D eigenvalue weighted by molar-refractivity contribution is 7.89. The fourth-order valence-corrected chi connectivity index (χ4v) is 4.58. The highest BCUT2D eigenvalue weighted by Gasteiger charge is 2.30. The first-order valence-electron chi connectivity index (χ1n) is 8.25. The van der Waals surface area contributed by atoms with Crippen molar-refractivity contribution < 1.29 is 8.42 Å². The second kappa shape index (κ2) is 6.60. The molecule has 1 aromatic rings. The van der Waals surface area contributed by atoms with Crippen LogP contribution < -0.4 is 5.32 Å². The molecule has 1 heterocycles. The largest absolute Gasteiger partial charge is 0.314 e. The molecule has 0 radical (unpaired) electrons. The number of benzene rings is 1. The molecule has 2 fully saturated rings. The Bertz CT molecular complexity index is 712. The van der Waals surface area contributed by atoms with E-state index in [1.165, 1.54) is 18.9 Å². The monoisotopic (exact) mass is 333 g/mol. The molecule has 1 saturated carbocycles. The van der Waals surface area contributed by atoms with Crippen LogP contribution in [0.15, 0.2) is 23.1 Å². The number of rotatable bonds is 5. The molecule has 1 N–H and O–H groups in total. The fraction of sp³-hybridized carbons (Fsp3) is 0.588. The number of hydrogen-bond donors (Lipinski definition) is 1. The summed E-state index contributed by atoms with van der Waals surface area (Å²) in [5, 5.41) is 12.5. The van der Waals surface area contributed by atoms with Gasteiger partial charge in [0.15, 0.2) is 0 Å².